The lowest BCUT2D eigenvalue weighted by molar-refractivity contribution is 0.0436. The van der Waals surface area contributed by atoms with Crippen molar-refractivity contribution in [1.82, 2.24) is 0 Å². The Morgan fingerprint density at radius 3 is 2.33 bits per heavy atom. The van der Waals surface area contributed by atoms with E-state index in [0.29, 0.717) is 42.4 Å². The first-order chi connectivity index (χ1) is 14.0. The lowest BCUT2D eigenvalue weighted by Crippen LogP contribution is -2.35. The van der Waals surface area contributed by atoms with Crippen LogP contribution in [0, 0.1) is 29.1 Å². The molecule has 3 N–H and O–H groups in total. The van der Waals surface area contributed by atoms with E-state index in [9.17, 15) is 15.3 Å². The molecule has 0 saturated heterocycles. The number of fused-ring (bicyclic) bond motifs is 1. The third kappa shape index (κ3) is 5.29. The molecule has 0 spiro atoms. The molecule has 0 amide bonds. The van der Waals surface area contributed by atoms with Crippen molar-refractivity contribution in [2.24, 2.45) is 29.1 Å². The van der Waals surface area contributed by atoms with E-state index in [1.54, 1.807) is 5.57 Å². The van der Waals surface area contributed by atoms with Gasteiger partial charge in [0, 0.05) is 5.92 Å². The predicted molar refractivity (Wildman–Crippen MR) is 124 cm³/mol. The van der Waals surface area contributed by atoms with Crippen molar-refractivity contribution in [3.63, 3.8) is 0 Å². The second-order valence-electron chi connectivity index (χ2n) is 11.3. The van der Waals surface area contributed by atoms with Crippen LogP contribution in [0.3, 0.4) is 0 Å². The van der Waals surface area contributed by atoms with Crippen LogP contribution < -0.4 is 0 Å². The molecule has 0 radical (unpaired) electrons. The van der Waals surface area contributed by atoms with Crippen LogP contribution in [0.15, 0.2) is 35.5 Å². The van der Waals surface area contributed by atoms with Crippen molar-refractivity contribution in [3.8, 4) is 0 Å². The first-order valence-corrected chi connectivity index (χ1v) is 12.2. The topological polar surface area (TPSA) is 60.7 Å². The molecule has 30 heavy (non-hydrogen) atoms. The van der Waals surface area contributed by atoms with E-state index < -0.39 is 17.8 Å². The summed E-state index contributed by atoms with van der Waals surface area (Å²) in [5, 5.41) is 30.2. The van der Waals surface area contributed by atoms with E-state index in [4.69, 9.17) is 0 Å². The zero-order chi connectivity index (χ0) is 22.1. The minimum Gasteiger partial charge on any atom is -0.393 e. The second kappa shape index (κ2) is 9.30. The monoisotopic (exact) mass is 416 g/mol. The van der Waals surface area contributed by atoms with Gasteiger partial charge in [0.1, 0.15) is 0 Å². The maximum absolute atomic E-state index is 10.2. The zero-order valence-electron chi connectivity index (χ0n) is 19.8. The zero-order valence-corrected chi connectivity index (χ0v) is 19.8. The average molecular weight is 417 g/mol. The average Bonchev–Trinajstić information content (AvgIpc) is 3.00. The van der Waals surface area contributed by atoms with Gasteiger partial charge in [-0.1, -0.05) is 56.2 Å². The Morgan fingerprint density at radius 1 is 1.03 bits per heavy atom. The molecule has 3 saturated carbocycles. The van der Waals surface area contributed by atoms with Gasteiger partial charge in [-0.3, -0.25) is 0 Å². The fourth-order valence-electron chi connectivity index (χ4n) is 6.39. The van der Waals surface area contributed by atoms with Gasteiger partial charge in [0.2, 0.25) is 0 Å². The third-order valence-corrected chi connectivity index (χ3v) is 8.56. The standard InChI is InChI=1S/C27H44O3/c1-18(8-9-19(2)26(3,4)30)24-12-13-25-21(7-6-14-27(24,25)5)11-10-20-15-22(28)17-23(29)16-20/h8-11,18-19,22-25,28-30H,6-7,12-17H2,1-5H3/b9-8+,21-11+/t18?,19?,22-,23-,24-,25+,27-/m1/s1. The lowest BCUT2D eigenvalue weighted by Gasteiger charge is -2.44. The summed E-state index contributed by atoms with van der Waals surface area (Å²) >= 11 is 0. The van der Waals surface area contributed by atoms with Crippen LogP contribution in [0.25, 0.3) is 0 Å². The Hall–Kier alpha value is -0.900. The minimum absolute atomic E-state index is 0.152. The van der Waals surface area contributed by atoms with Gasteiger partial charge in [0.25, 0.3) is 0 Å². The highest BCUT2D eigenvalue weighted by Gasteiger charge is 2.50. The van der Waals surface area contributed by atoms with Gasteiger partial charge in [-0.2, -0.15) is 0 Å². The van der Waals surface area contributed by atoms with Crippen LogP contribution in [0.4, 0.5) is 0 Å². The molecule has 0 aromatic heterocycles. The van der Waals surface area contributed by atoms with Crippen LogP contribution >= 0.6 is 0 Å². The fourth-order valence-corrected chi connectivity index (χ4v) is 6.39. The van der Waals surface area contributed by atoms with E-state index in [1.807, 2.05) is 13.8 Å². The highest BCUT2D eigenvalue weighted by atomic mass is 16.3. The van der Waals surface area contributed by atoms with E-state index in [1.165, 1.54) is 37.7 Å². The molecular weight excluding hydrogens is 372 g/mol. The van der Waals surface area contributed by atoms with Gasteiger partial charge in [-0.15, -0.1) is 0 Å². The highest BCUT2D eigenvalue weighted by molar-refractivity contribution is 5.26. The molecule has 170 valence electrons. The number of rotatable bonds is 5. The molecule has 0 bridgehead atoms. The molecule has 3 rings (SSSR count). The molecule has 0 heterocycles. The molecule has 0 aromatic rings. The summed E-state index contributed by atoms with van der Waals surface area (Å²) in [6.45, 7) is 10.7. The van der Waals surface area contributed by atoms with E-state index in [0.717, 1.165) is 0 Å². The molecule has 3 fully saturated rings. The summed E-state index contributed by atoms with van der Waals surface area (Å²) in [5.74, 6) is 2.00. The van der Waals surface area contributed by atoms with Gasteiger partial charge in [-0.25, -0.2) is 0 Å². The van der Waals surface area contributed by atoms with Crippen LogP contribution in [-0.2, 0) is 0 Å². The van der Waals surface area contributed by atoms with Crippen molar-refractivity contribution < 1.29 is 15.3 Å². The Bertz CT molecular complexity index is 671. The highest BCUT2D eigenvalue weighted by Crippen LogP contribution is 2.59. The molecule has 0 aromatic carbocycles. The van der Waals surface area contributed by atoms with Crippen molar-refractivity contribution in [3.05, 3.63) is 35.5 Å². The number of aliphatic hydroxyl groups is 3. The maximum Gasteiger partial charge on any atom is 0.0651 e. The van der Waals surface area contributed by atoms with Crippen molar-refractivity contribution >= 4 is 0 Å². The summed E-state index contributed by atoms with van der Waals surface area (Å²) in [7, 11) is 0. The van der Waals surface area contributed by atoms with E-state index in [-0.39, 0.29) is 5.92 Å². The van der Waals surface area contributed by atoms with Crippen molar-refractivity contribution in [1.29, 1.82) is 0 Å². The molecule has 3 nitrogen and oxygen atoms in total. The first-order valence-electron chi connectivity index (χ1n) is 12.2. The smallest absolute Gasteiger partial charge is 0.0651 e. The molecule has 3 aliphatic carbocycles. The normalized spacial score (nSPS) is 38.7. The van der Waals surface area contributed by atoms with Crippen LogP contribution in [0.1, 0.15) is 86.0 Å². The fraction of sp³-hybridized carbons (Fsp3) is 0.778. The van der Waals surface area contributed by atoms with E-state index >= 15 is 0 Å². The van der Waals surface area contributed by atoms with Gasteiger partial charge in [-0.05, 0) is 88.4 Å². The van der Waals surface area contributed by atoms with Crippen LogP contribution in [0.2, 0.25) is 0 Å². The summed E-state index contributed by atoms with van der Waals surface area (Å²) in [6.07, 6.45) is 16.5. The SMILES string of the molecule is CC(/C=C/C(C)C(C)(C)O)[C@H]1CC[C@H]2/C(=C/C=C3C[C@@H](O)C[C@H](O)C3)CCC[C@]12C. The lowest BCUT2D eigenvalue weighted by atomic mass is 9.61. The van der Waals surface area contributed by atoms with Crippen molar-refractivity contribution in [2.45, 2.75) is 104 Å². The van der Waals surface area contributed by atoms with E-state index in [2.05, 4.69) is 45.1 Å². The molecule has 3 heteroatoms. The third-order valence-electron chi connectivity index (χ3n) is 8.56. The predicted octanol–water partition coefficient (Wildman–Crippen LogP) is 5.56. The quantitative estimate of drug-likeness (QED) is 0.514. The summed E-state index contributed by atoms with van der Waals surface area (Å²) < 4.78 is 0. The number of hydrogen-bond acceptors (Lipinski definition) is 3. The van der Waals surface area contributed by atoms with Gasteiger partial charge in [0.05, 0.1) is 17.8 Å². The van der Waals surface area contributed by atoms with Gasteiger partial charge >= 0.3 is 0 Å². The molecule has 2 unspecified atom stereocenters. The number of aliphatic hydroxyl groups excluding tert-OH is 2. The van der Waals surface area contributed by atoms with Gasteiger partial charge in [0.15, 0.2) is 0 Å². The first kappa shape index (κ1) is 23.8. The van der Waals surface area contributed by atoms with Crippen LogP contribution in [-0.4, -0.2) is 33.1 Å². The van der Waals surface area contributed by atoms with Crippen LogP contribution in [0.5, 0.6) is 0 Å². The van der Waals surface area contributed by atoms with Crippen molar-refractivity contribution in [2.75, 3.05) is 0 Å². The van der Waals surface area contributed by atoms with Gasteiger partial charge < -0.3 is 15.3 Å². The maximum atomic E-state index is 10.2. The number of allylic oxidation sites excluding steroid dienone is 4. The number of hydrogen-bond donors (Lipinski definition) is 3. The molecule has 0 aliphatic heterocycles. The summed E-state index contributed by atoms with van der Waals surface area (Å²) in [4.78, 5) is 0. The summed E-state index contributed by atoms with van der Waals surface area (Å²) in [5.41, 5.74) is 2.43. The Morgan fingerprint density at radius 2 is 1.70 bits per heavy atom. The molecule has 3 aliphatic rings. The second-order valence-corrected chi connectivity index (χ2v) is 11.3. The Balaban J connectivity index is 1.73. The largest absolute Gasteiger partial charge is 0.393 e. The molecular formula is C27H44O3. The molecule has 7 atom stereocenters. The Labute approximate surface area is 184 Å². The Kier molecular flexibility index (Phi) is 7.37. The summed E-state index contributed by atoms with van der Waals surface area (Å²) in [6, 6.07) is 0. The minimum atomic E-state index is -0.674.